The lowest BCUT2D eigenvalue weighted by molar-refractivity contribution is 0.0642. The predicted octanol–water partition coefficient (Wildman–Crippen LogP) is 3.88. The Hall–Kier alpha value is -1.16. The minimum atomic E-state index is 0.269. The predicted molar refractivity (Wildman–Crippen MR) is 86.2 cm³/mol. The summed E-state index contributed by atoms with van der Waals surface area (Å²) < 4.78 is 5.82. The molecule has 0 aliphatic rings. The molecule has 1 aromatic carbocycles. The van der Waals surface area contributed by atoms with Gasteiger partial charge in [0.15, 0.2) is 0 Å². The summed E-state index contributed by atoms with van der Waals surface area (Å²) in [6.07, 6.45) is 2.45. The molecule has 0 saturated heterocycles. The zero-order valence-corrected chi connectivity index (χ0v) is 12.9. The molecule has 1 aromatic heterocycles. The first kappa shape index (κ1) is 15.2. The molecule has 0 aliphatic heterocycles. The lowest BCUT2D eigenvalue weighted by Crippen LogP contribution is -2.26. The van der Waals surface area contributed by atoms with Crippen LogP contribution in [-0.2, 0) is 17.7 Å². The standard InChI is InChI=1S/C17H23NOS/c1-15(13-18-14-17-10-6-12-20-17)19-11-5-9-16-7-3-2-4-8-16/h2-4,6-8,10,12,15,18H,5,9,11,13-14H2,1H3. The molecule has 3 heteroatoms. The zero-order valence-electron chi connectivity index (χ0n) is 12.0. The highest BCUT2D eigenvalue weighted by Crippen LogP contribution is 2.07. The van der Waals surface area contributed by atoms with Gasteiger partial charge in [-0.05, 0) is 36.8 Å². The van der Waals surface area contributed by atoms with Crippen molar-refractivity contribution in [2.45, 2.75) is 32.4 Å². The van der Waals surface area contributed by atoms with Gasteiger partial charge in [0.1, 0.15) is 0 Å². The molecule has 20 heavy (non-hydrogen) atoms. The van der Waals surface area contributed by atoms with Gasteiger partial charge in [-0.15, -0.1) is 11.3 Å². The average molecular weight is 289 g/mol. The SMILES string of the molecule is CC(CNCc1cccs1)OCCCc1ccccc1. The van der Waals surface area contributed by atoms with Crippen molar-refractivity contribution in [2.75, 3.05) is 13.2 Å². The summed E-state index contributed by atoms with van der Waals surface area (Å²) in [5.41, 5.74) is 1.39. The van der Waals surface area contributed by atoms with Gasteiger partial charge in [0.2, 0.25) is 0 Å². The van der Waals surface area contributed by atoms with Gasteiger partial charge in [0, 0.05) is 24.6 Å². The third-order valence-electron chi connectivity index (χ3n) is 3.17. The summed E-state index contributed by atoms with van der Waals surface area (Å²) in [6, 6.07) is 14.8. The maximum atomic E-state index is 5.82. The van der Waals surface area contributed by atoms with E-state index in [-0.39, 0.29) is 6.10 Å². The van der Waals surface area contributed by atoms with Crippen LogP contribution in [0.2, 0.25) is 0 Å². The van der Waals surface area contributed by atoms with Gasteiger partial charge in [0.05, 0.1) is 6.10 Å². The molecule has 2 nitrogen and oxygen atoms in total. The van der Waals surface area contributed by atoms with Crippen LogP contribution in [-0.4, -0.2) is 19.3 Å². The van der Waals surface area contributed by atoms with Crippen LogP contribution in [0, 0.1) is 0 Å². The number of hydrogen-bond donors (Lipinski definition) is 1. The van der Waals surface area contributed by atoms with E-state index in [4.69, 9.17) is 4.74 Å². The molecule has 0 bridgehead atoms. The van der Waals surface area contributed by atoms with E-state index >= 15 is 0 Å². The van der Waals surface area contributed by atoms with Gasteiger partial charge >= 0.3 is 0 Å². The highest BCUT2D eigenvalue weighted by Gasteiger charge is 2.02. The first-order chi connectivity index (χ1) is 9.84. The van der Waals surface area contributed by atoms with Crippen molar-refractivity contribution in [2.24, 2.45) is 0 Å². The Morgan fingerprint density at radius 3 is 2.75 bits per heavy atom. The summed E-state index contributed by atoms with van der Waals surface area (Å²) in [6.45, 7) is 4.80. The van der Waals surface area contributed by atoms with Crippen LogP contribution in [0.15, 0.2) is 47.8 Å². The molecule has 1 atom stereocenters. The second kappa shape index (κ2) is 8.90. The lowest BCUT2D eigenvalue weighted by atomic mass is 10.1. The smallest absolute Gasteiger partial charge is 0.0671 e. The molecule has 0 aliphatic carbocycles. The molecule has 108 valence electrons. The normalized spacial score (nSPS) is 12.4. The topological polar surface area (TPSA) is 21.3 Å². The lowest BCUT2D eigenvalue weighted by Gasteiger charge is -2.13. The third-order valence-corrected chi connectivity index (χ3v) is 4.04. The van der Waals surface area contributed by atoms with E-state index in [0.717, 1.165) is 32.5 Å². The van der Waals surface area contributed by atoms with Crippen molar-refractivity contribution in [1.29, 1.82) is 0 Å². The van der Waals surface area contributed by atoms with E-state index in [1.165, 1.54) is 10.4 Å². The molecule has 0 amide bonds. The van der Waals surface area contributed by atoms with Crippen LogP contribution in [0.4, 0.5) is 0 Å². The van der Waals surface area contributed by atoms with Gasteiger partial charge < -0.3 is 10.1 Å². The Morgan fingerprint density at radius 2 is 2.00 bits per heavy atom. The minimum absolute atomic E-state index is 0.269. The molecule has 0 spiro atoms. The highest BCUT2D eigenvalue weighted by atomic mass is 32.1. The summed E-state index contributed by atoms with van der Waals surface area (Å²) in [5.74, 6) is 0. The summed E-state index contributed by atoms with van der Waals surface area (Å²) in [7, 11) is 0. The Balaban J connectivity index is 1.51. The maximum absolute atomic E-state index is 5.82. The van der Waals surface area contributed by atoms with Gasteiger partial charge in [-0.1, -0.05) is 36.4 Å². The second-order valence-corrected chi connectivity index (χ2v) is 6.01. The van der Waals surface area contributed by atoms with Crippen molar-refractivity contribution in [3.63, 3.8) is 0 Å². The fourth-order valence-electron chi connectivity index (χ4n) is 2.08. The molecule has 0 fully saturated rings. The van der Waals surface area contributed by atoms with Crippen molar-refractivity contribution in [3.05, 3.63) is 58.3 Å². The van der Waals surface area contributed by atoms with Crippen molar-refractivity contribution < 1.29 is 4.74 Å². The van der Waals surface area contributed by atoms with Crippen LogP contribution in [0.25, 0.3) is 0 Å². The molecule has 2 rings (SSSR count). The molecule has 0 radical (unpaired) electrons. The largest absolute Gasteiger partial charge is 0.377 e. The van der Waals surface area contributed by atoms with Gasteiger partial charge in [0.25, 0.3) is 0 Å². The molecule has 1 heterocycles. The number of thiophene rings is 1. The molecule has 1 unspecified atom stereocenters. The average Bonchev–Trinajstić information content (AvgIpc) is 2.98. The number of aryl methyl sites for hydroxylation is 1. The fourth-order valence-corrected chi connectivity index (χ4v) is 2.75. The Labute approximate surface area is 125 Å². The van der Waals surface area contributed by atoms with E-state index < -0.39 is 0 Å². The third kappa shape index (κ3) is 5.87. The van der Waals surface area contributed by atoms with E-state index in [2.05, 4.69) is 60.1 Å². The number of hydrogen-bond acceptors (Lipinski definition) is 3. The van der Waals surface area contributed by atoms with Gasteiger partial charge in [-0.25, -0.2) is 0 Å². The first-order valence-corrected chi connectivity index (χ1v) is 8.11. The van der Waals surface area contributed by atoms with Crippen molar-refractivity contribution >= 4 is 11.3 Å². The summed E-state index contributed by atoms with van der Waals surface area (Å²) in [5, 5.41) is 5.54. The molecule has 0 saturated carbocycles. The van der Waals surface area contributed by atoms with E-state index in [1.807, 2.05) is 0 Å². The number of rotatable bonds is 9. The van der Waals surface area contributed by atoms with Crippen LogP contribution in [0.5, 0.6) is 0 Å². The number of benzene rings is 1. The molecular formula is C17H23NOS. The maximum Gasteiger partial charge on any atom is 0.0671 e. The summed E-state index contributed by atoms with van der Waals surface area (Å²) >= 11 is 1.79. The highest BCUT2D eigenvalue weighted by molar-refractivity contribution is 7.09. The van der Waals surface area contributed by atoms with Gasteiger partial charge in [-0.2, -0.15) is 0 Å². The zero-order chi connectivity index (χ0) is 14.0. The van der Waals surface area contributed by atoms with Crippen molar-refractivity contribution in [1.82, 2.24) is 5.32 Å². The van der Waals surface area contributed by atoms with Crippen LogP contribution in [0.3, 0.4) is 0 Å². The van der Waals surface area contributed by atoms with Gasteiger partial charge in [-0.3, -0.25) is 0 Å². The van der Waals surface area contributed by atoms with Crippen molar-refractivity contribution in [3.8, 4) is 0 Å². The monoisotopic (exact) mass is 289 g/mol. The fraction of sp³-hybridized carbons (Fsp3) is 0.412. The molecular weight excluding hydrogens is 266 g/mol. The van der Waals surface area contributed by atoms with E-state index in [0.29, 0.717) is 0 Å². The first-order valence-electron chi connectivity index (χ1n) is 7.23. The van der Waals surface area contributed by atoms with E-state index in [1.54, 1.807) is 11.3 Å². The molecule has 2 aromatic rings. The van der Waals surface area contributed by atoms with Crippen LogP contribution >= 0.6 is 11.3 Å². The Morgan fingerprint density at radius 1 is 1.15 bits per heavy atom. The Kier molecular flexibility index (Phi) is 6.78. The number of nitrogens with one attached hydrogen (secondary N) is 1. The molecule has 1 N–H and O–H groups in total. The minimum Gasteiger partial charge on any atom is -0.377 e. The quantitative estimate of drug-likeness (QED) is 0.707. The number of ether oxygens (including phenoxy) is 1. The van der Waals surface area contributed by atoms with Crippen LogP contribution < -0.4 is 5.32 Å². The Bertz CT molecular complexity index is 455. The second-order valence-electron chi connectivity index (χ2n) is 4.98. The van der Waals surface area contributed by atoms with E-state index in [9.17, 15) is 0 Å². The summed E-state index contributed by atoms with van der Waals surface area (Å²) in [4.78, 5) is 1.38. The van der Waals surface area contributed by atoms with Crippen LogP contribution in [0.1, 0.15) is 23.8 Å².